The molecular weight excluding hydrogens is 764 g/mol. The molecule has 4 heterocycles. The molecule has 1 aliphatic rings. The van der Waals surface area contributed by atoms with Crippen molar-refractivity contribution in [2.24, 2.45) is 11.8 Å². The number of aryl methyl sites for hydroxylation is 1. The first-order valence-corrected chi connectivity index (χ1v) is 19.8. The third-order valence-corrected chi connectivity index (χ3v) is 11.0. The Balaban J connectivity index is 1.13. The number of aromatic amines is 2. The SMILES string of the molecule is COC(=O)NC(C(=O)NCCCCc1ncc(-c2cc3oc4ccc(-c5cnc(C6CCCN6CC(C=O)(NC(=O)OC)C(C)C)[nH]5)cc4c(=O)c3cc2F)[nH]1)C(C)C. The largest absolute Gasteiger partial charge is 0.456 e. The van der Waals surface area contributed by atoms with Gasteiger partial charge >= 0.3 is 12.2 Å². The maximum atomic E-state index is 15.7. The number of unbranched alkanes of at least 4 members (excludes halogenated alkanes) is 1. The average Bonchev–Trinajstić information content (AvgIpc) is 4.01. The van der Waals surface area contributed by atoms with Crippen molar-refractivity contribution < 1.29 is 37.5 Å². The fraction of sp³-hybridized carbons (Fsp3) is 0.452. The molecule has 0 saturated carbocycles. The Labute approximate surface area is 340 Å². The molecule has 17 heteroatoms. The minimum Gasteiger partial charge on any atom is -0.456 e. The maximum Gasteiger partial charge on any atom is 0.407 e. The number of amides is 3. The van der Waals surface area contributed by atoms with E-state index < -0.39 is 29.6 Å². The van der Waals surface area contributed by atoms with E-state index in [4.69, 9.17) is 9.15 Å². The first kappa shape index (κ1) is 42.5. The number of imidazole rings is 2. The number of hydrogen-bond donors (Lipinski definition) is 5. The van der Waals surface area contributed by atoms with Crippen LogP contribution in [0.1, 0.15) is 71.1 Å². The van der Waals surface area contributed by atoms with Gasteiger partial charge in [0.05, 0.1) is 54.8 Å². The predicted octanol–water partition coefficient (Wildman–Crippen LogP) is 5.77. The highest BCUT2D eigenvalue weighted by Crippen LogP contribution is 2.35. The van der Waals surface area contributed by atoms with Gasteiger partial charge in [0.2, 0.25) is 11.3 Å². The van der Waals surface area contributed by atoms with Gasteiger partial charge in [-0.05, 0) is 74.4 Å². The third kappa shape index (κ3) is 9.30. The number of aromatic nitrogens is 4. The second kappa shape index (κ2) is 18.2. The number of benzene rings is 2. The van der Waals surface area contributed by atoms with Crippen LogP contribution in [-0.4, -0.2) is 94.7 Å². The van der Waals surface area contributed by atoms with Gasteiger partial charge in [-0.15, -0.1) is 0 Å². The first-order valence-electron chi connectivity index (χ1n) is 19.8. The number of likely N-dealkylation sites (tertiary alicyclic amines) is 1. The molecule has 1 fully saturated rings. The molecule has 0 radical (unpaired) electrons. The van der Waals surface area contributed by atoms with Crippen molar-refractivity contribution in [3.05, 3.63) is 70.4 Å². The number of aldehydes is 1. The Kier molecular flexibility index (Phi) is 13.1. The number of hydrogen-bond acceptors (Lipinski definition) is 11. The number of nitrogens with zero attached hydrogens (tertiary/aromatic N) is 3. The second-order valence-electron chi connectivity index (χ2n) is 15.6. The molecule has 3 amide bonds. The minimum absolute atomic E-state index is 0.0930. The zero-order valence-electron chi connectivity index (χ0n) is 34.1. The van der Waals surface area contributed by atoms with E-state index in [1.807, 2.05) is 33.8 Å². The Bertz CT molecular complexity index is 2390. The van der Waals surface area contributed by atoms with Crippen LogP contribution in [0, 0.1) is 17.7 Å². The van der Waals surface area contributed by atoms with Gasteiger partial charge in [-0.3, -0.25) is 14.5 Å². The molecule has 314 valence electrons. The van der Waals surface area contributed by atoms with Crippen LogP contribution < -0.4 is 21.4 Å². The smallest absolute Gasteiger partial charge is 0.407 e. The molecule has 3 unspecified atom stereocenters. The standard InChI is InChI=1S/C42H51FN8O8/c1-23(2)36(49-40(55)57-5)39(54)44-14-8-7-11-35-45-20-31(47-35)26-18-34-28(17-29(26)43)37(53)27-16-25(12-13-33(27)59-34)30-19-46-38(48-30)32-10-9-15-51(32)21-42(22-52,24(3)4)50-41(56)58-6/h12-13,16-20,22-24,32,36H,7-11,14-15,21H2,1-6H3,(H,44,54)(H,45,47)(H,46,48)(H,49,55)(H,50,56). The second-order valence-corrected chi connectivity index (χ2v) is 15.6. The average molecular weight is 815 g/mol. The summed E-state index contributed by atoms with van der Waals surface area (Å²) in [6.07, 6.45) is 6.19. The fourth-order valence-corrected chi connectivity index (χ4v) is 7.46. The first-order chi connectivity index (χ1) is 28.3. The van der Waals surface area contributed by atoms with Gasteiger partial charge in [0.15, 0.2) is 0 Å². The van der Waals surface area contributed by atoms with Crippen LogP contribution in [0.5, 0.6) is 0 Å². The molecule has 16 nitrogen and oxygen atoms in total. The Hall–Kier alpha value is -6.10. The number of ether oxygens (including phenoxy) is 2. The van der Waals surface area contributed by atoms with Crippen molar-refractivity contribution in [2.75, 3.05) is 33.9 Å². The van der Waals surface area contributed by atoms with Gasteiger partial charge in [0.1, 0.15) is 46.5 Å². The number of H-pyrrole nitrogens is 2. The lowest BCUT2D eigenvalue weighted by Gasteiger charge is -2.37. The lowest BCUT2D eigenvalue weighted by Crippen LogP contribution is -2.60. The lowest BCUT2D eigenvalue weighted by molar-refractivity contribution is -0.124. The van der Waals surface area contributed by atoms with E-state index in [-0.39, 0.29) is 57.7 Å². The van der Waals surface area contributed by atoms with E-state index in [0.717, 1.165) is 19.1 Å². The van der Waals surface area contributed by atoms with Crippen LogP contribution in [0.4, 0.5) is 14.0 Å². The van der Waals surface area contributed by atoms with Crippen molar-refractivity contribution in [3.8, 4) is 22.5 Å². The van der Waals surface area contributed by atoms with E-state index in [0.29, 0.717) is 66.5 Å². The van der Waals surface area contributed by atoms with E-state index in [1.165, 1.54) is 32.5 Å². The van der Waals surface area contributed by atoms with E-state index in [9.17, 15) is 24.0 Å². The Morgan fingerprint density at radius 2 is 1.75 bits per heavy atom. The number of carbonyl (C=O) groups is 4. The highest BCUT2D eigenvalue weighted by Gasteiger charge is 2.41. The number of fused-ring (bicyclic) bond motifs is 2. The van der Waals surface area contributed by atoms with Crippen molar-refractivity contribution in [1.29, 1.82) is 0 Å². The van der Waals surface area contributed by atoms with Crippen LogP contribution in [0.25, 0.3) is 44.5 Å². The topological polar surface area (TPSA) is 214 Å². The van der Waals surface area contributed by atoms with E-state index in [1.54, 1.807) is 18.3 Å². The van der Waals surface area contributed by atoms with Crippen molar-refractivity contribution in [2.45, 2.75) is 77.4 Å². The zero-order valence-corrected chi connectivity index (χ0v) is 34.1. The predicted molar refractivity (Wildman–Crippen MR) is 218 cm³/mol. The van der Waals surface area contributed by atoms with Crippen LogP contribution in [0.3, 0.4) is 0 Å². The summed E-state index contributed by atoms with van der Waals surface area (Å²) in [6, 6.07) is 7.03. The summed E-state index contributed by atoms with van der Waals surface area (Å²) in [5.74, 6) is 0.0843. The number of nitrogens with one attached hydrogen (secondary N) is 5. The van der Waals surface area contributed by atoms with Crippen LogP contribution in [0.15, 0.2) is 51.9 Å². The minimum atomic E-state index is -1.16. The molecule has 5 N–H and O–H groups in total. The highest BCUT2D eigenvalue weighted by atomic mass is 19.1. The summed E-state index contributed by atoms with van der Waals surface area (Å²) in [5, 5.41) is 8.50. The number of methoxy groups -OCH3 is 2. The Morgan fingerprint density at radius 3 is 2.46 bits per heavy atom. The number of rotatable bonds is 16. The van der Waals surface area contributed by atoms with Gasteiger partial charge in [0, 0.05) is 30.6 Å². The van der Waals surface area contributed by atoms with Crippen molar-refractivity contribution in [1.82, 2.24) is 40.8 Å². The van der Waals surface area contributed by atoms with Gasteiger partial charge < -0.3 is 44.6 Å². The molecular formula is C42H51FN8O8. The summed E-state index contributed by atoms with van der Waals surface area (Å²) in [5.41, 5.74) is 0.995. The van der Waals surface area contributed by atoms with Crippen molar-refractivity contribution in [3.63, 3.8) is 0 Å². The Morgan fingerprint density at radius 1 is 1.00 bits per heavy atom. The molecule has 1 aliphatic heterocycles. The number of halogens is 1. The molecule has 0 bridgehead atoms. The molecule has 3 aromatic heterocycles. The molecule has 1 saturated heterocycles. The summed E-state index contributed by atoms with van der Waals surface area (Å²) < 4.78 is 31.2. The monoisotopic (exact) mass is 814 g/mol. The molecule has 0 aliphatic carbocycles. The van der Waals surface area contributed by atoms with Gasteiger partial charge in [0.25, 0.3) is 0 Å². The summed E-state index contributed by atoms with van der Waals surface area (Å²) >= 11 is 0. The fourth-order valence-electron chi connectivity index (χ4n) is 7.46. The summed E-state index contributed by atoms with van der Waals surface area (Å²) in [6.45, 7) is 8.78. The highest BCUT2D eigenvalue weighted by molar-refractivity contribution is 5.93. The van der Waals surface area contributed by atoms with Crippen molar-refractivity contribution >= 4 is 46.3 Å². The molecule has 6 rings (SSSR count). The van der Waals surface area contributed by atoms with Crippen LogP contribution in [-0.2, 0) is 25.5 Å². The van der Waals surface area contributed by atoms with Gasteiger partial charge in [-0.25, -0.2) is 23.9 Å². The lowest BCUT2D eigenvalue weighted by atomic mass is 9.87. The normalized spacial score (nSPS) is 16.0. The maximum absolute atomic E-state index is 15.7. The van der Waals surface area contributed by atoms with E-state index >= 15 is 4.39 Å². The molecule has 0 spiro atoms. The molecule has 2 aromatic carbocycles. The quantitative estimate of drug-likeness (QED) is 0.0458. The van der Waals surface area contributed by atoms with Gasteiger partial charge in [-0.2, -0.15) is 0 Å². The molecule has 3 atom stereocenters. The van der Waals surface area contributed by atoms with Crippen LogP contribution >= 0.6 is 0 Å². The van der Waals surface area contributed by atoms with E-state index in [2.05, 4.69) is 45.5 Å². The van der Waals surface area contributed by atoms with Gasteiger partial charge in [-0.1, -0.05) is 27.7 Å². The van der Waals surface area contributed by atoms with Crippen LogP contribution in [0.2, 0.25) is 0 Å². The summed E-state index contributed by atoms with van der Waals surface area (Å²) in [4.78, 5) is 80.3. The summed E-state index contributed by atoms with van der Waals surface area (Å²) in [7, 11) is 2.50. The number of alkyl carbamates (subject to hydrolysis) is 2. The molecule has 59 heavy (non-hydrogen) atoms. The third-order valence-electron chi connectivity index (χ3n) is 11.0. The zero-order chi connectivity index (χ0) is 42.4. The molecule has 5 aromatic rings. The number of carbonyl (C=O) groups excluding carboxylic acids is 4.